The Morgan fingerprint density at radius 2 is 1.90 bits per heavy atom. The van der Waals surface area contributed by atoms with Crippen molar-refractivity contribution in [2.75, 3.05) is 15.9 Å². The number of nitrogens with one attached hydrogen (secondary N) is 1. The molecule has 0 spiro atoms. The van der Waals surface area contributed by atoms with Gasteiger partial charge in [-0.25, -0.2) is 12.8 Å². The molecule has 1 unspecified atom stereocenters. The van der Waals surface area contributed by atoms with E-state index in [1.807, 2.05) is 31.2 Å². The second kappa shape index (κ2) is 9.29. The number of sulfonamides is 1. The second-order valence-electron chi connectivity index (χ2n) is 6.85. The zero-order chi connectivity index (χ0) is 22.8. The molecule has 2 aromatic carbocycles. The Bertz CT molecular complexity index is 1200. The van der Waals surface area contributed by atoms with Crippen LogP contribution in [-0.2, 0) is 14.8 Å². The van der Waals surface area contributed by atoms with Gasteiger partial charge in [-0.15, -0.1) is 10.2 Å². The molecule has 0 fully saturated rings. The molecular formula is C20H20ClFN4O3S2. The number of hydrogen-bond acceptors (Lipinski definition) is 6. The van der Waals surface area contributed by atoms with E-state index in [9.17, 15) is 17.6 Å². The third-order valence-corrected chi connectivity index (χ3v) is 6.80. The molecule has 0 saturated heterocycles. The first-order valence-corrected chi connectivity index (χ1v) is 12.3. The summed E-state index contributed by atoms with van der Waals surface area (Å²) in [5.41, 5.74) is 2.05. The van der Waals surface area contributed by atoms with Crippen LogP contribution in [0.25, 0.3) is 10.6 Å². The number of halogens is 2. The molecule has 0 saturated carbocycles. The Hall–Kier alpha value is -2.56. The number of amides is 1. The van der Waals surface area contributed by atoms with Crippen LogP contribution in [0.4, 0.5) is 15.2 Å². The van der Waals surface area contributed by atoms with E-state index >= 15 is 0 Å². The molecule has 164 valence electrons. The number of hydrogen-bond donors (Lipinski definition) is 1. The van der Waals surface area contributed by atoms with E-state index < -0.39 is 27.8 Å². The molecule has 3 rings (SSSR count). The number of carbonyl (C=O) groups is 1. The van der Waals surface area contributed by atoms with Gasteiger partial charge in [-0.3, -0.25) is 14.4 Å². The largest absolute Gasteiger partial charge is 0.299 e. The van der Waals surface area contributed by atoms with Crippen molar-refractivity contribution in [3.8, 4) is 10.6 Å². The molecule has 7 nitrogen and oxygen atoms in total. The van der Waals surface area contributed by atoms with Crippen LogP contribution in [0.3, 0.4) is 0 Å². The topological polar surface area (TPSA) is 92.3 Å². The van der Waals surface area contributed by atoms with Gasteiger partial charge in [-0.1, -0.05) is 59.7 Å². The molecule has 0 aliphatic heterocycles. The fraction of sp³-hybridized carbons (Fsp3) is 0.250. The predicted molar refractivity (Wildman–Crippen MR) is 122 cm³/mol. The summed E-state index contributed by atoms with van der Waals surface area (Å²) < 4.78 is 39.5. The van der Waals surface area contributed by atoms with Gasteiger partial charge in [0, 0.05) is 5.56 Å². The van der Waals surface area contributed by atoms with E-state index in [1.54, 1.807) is 6.92 Å². The lowest BCUT2D eigenvalue weighted by Crippen LogP contribution is -2.47. The summed E-state index contributed by atoms with van der Waals surface area (Å²) in [5, 5.41) is 11.3. The highest BCUT2D eigenvalue weighted by Gasteiger charge is 2.32. The molecule has 3 aromatic rings. The van der Waals surface area contributed by atoms with Crippen LogP contribution in [0.15, 0.2) is 42.5 Å². The molecule has 0 radical (unpaired) electrons. The number of aromatic nitrogens is 2. The lowest BCUT2D eigenvalue weighted by Gasteiger charge is -2.29. The van der Waals surface area contributed by atoms with Crippen molar-refractivity contribution in [3.63, 3.8) is 0 Å². The third-order valence-electron chi connectivity index (χ3n) is 4.44. The van der Waals surface area contributed by atoms with Crippen LogP contribution in [0.1, 0.15) is 18.9 Å². The van der Waals surface area contributed by atoms with Gasteiger partial charge in [0.25, 0.3) is 0 Å². The Balaban J connectivity index is 1.87. The molecule has 1 aromatic heterocycles. The van der Waals surface area contributed by atoms with E-state index in [-0.39, 0.29) is 22.3 Å². The van der Waals surface area contributed by atoms with Crippen molar-refractivity contribution in [1.29, 1.82) is 0 Å². The van der Waals surface area contributed by atoms with Crippen molar-refractivity contribution in [2.24, 2.45) is 0 Å². The molecule has 1 N–H and O–H groups in total. The van der Waals surface area contributed by atoms with Crippen molar-refractivity contribution >= 4 is 49.7 Å². The summed E-state index contributed by atoms with van der Waals surface area (Å²) in [6.45, 7) is 3.65. The third kappa shape index (κ3) is 5.38. The summed E-state index contributed by atoms with van der Waals surface area (Å²) in [6, 6.07) is 10.1. The van der Waals surface area contributed by atoms with Gasteiger partial charge in [0.15, 0.2) is 0 Å². The minimum atomic E-state index is -3.88. The summed E-state index contributed by atoms with van der Waals surface area (Å²) in [7, 11) is -3.88. The van der Waals surface area contributed by atoms with Crippen LogP contribution in [-0.4, -0.2) is 36.8 Å². The molecule has 31 heavy (non-hydrogen) atoms. The molecule has 1 atom stereocenters. The van der Waals surface area contributed by atoms with E-state index in [0.29, 0.717) is 5.01 Å². The first-order chi connectivity index (χ1) is 14.6. The molecule has 0 aliphatic rings. The number of nitrogens with zero attached hydrogens (tertiary/aromatic N) is 3. The van der Waals surface area contributed by atoms with E-state index in [0.717, 1.165) is 27.8 Å². The number of rotatable bonds is 7. The maximum Gasteiger partial charge on any atom is 0.250 e. The number of carbonyl (C=O) groups excluding carboxylic acids is 1. The van der Waals surface area contributed by atoms with Crippen molar-refractivity contribution < 1.29 is 17.6 Å². The fourth-order valence-corrected chi connectivity index (χ4v) is 5.09. The Morgan fingerprint density at radius 3 is 2.48 bits per heavy atom. The van der Waals surface area contributed by atoms with Crippen LogP contribution in [0, 0.1) is 12.7 Å². The molecular weight excluding hydrogens is 463 g/mol. The normalized spacial score (nSPS) is 12.4. The first kappa shape index (κ1) is 23.1. The van der Waals surface area contributed by atoms with E-state index in [2.05, 4.69) is 15.5 Å². The number of anilines is 2. The van der Waals surface area contributed by atoms with E-state index in [4.69, 9.17) is 11.6 Å². The quantitative estimate of drug-likeness (QED) is 0.535. The Morgan fingerprint density at radius 1 is 1.23 bits per heavy atom. The van der Waals surface area contributed by atoms with Crippen LogP contribution in [0.2, 0.25) is 5.02 Å². The van der Waals surface area contributed by atoms with Crippen molar-refractivity contribution in [1.82, 2.24) is 10.2 Å². The molecule has 1 amide bonds. The maximum absolute atomic E-state index is 13.6. The van der Waals surface area contributed by atoms with Gasteiger partial charge in [-0.05, 0) is 31.5 Å². The molecule has 11 heteroatoms. The number of aryl methyl sites for hydroxylation is 1. The Kier molecular flexibility index (Phi) is 6.93. The van der Waals surface area contributed by atoms with Crippen LogP contribution in [0.5, 0.6) is 0 Å². The minimum absolute atomic E-state index is 0.0912. The highest BCUT2D eigenvalue weighted by Crippen LogP contribution is 2.29. The standard InChI is InChI=1S/C20H20ClFN4O3S2/c1-4-17(26(31(3,28)29)14-9-10-16(22)15(21)11-14)18(27)23-20-25-24-19(30-20)13-7-5-12(2)6-8-13/h5-11,17H,4H2,1-3H3,(H,23,25,27). The lowest BCUT2D eigenvalue weighted by molar-refractivity contribution is -0.117. The molecule has 0 bridgehead atoms. The summed E-state index contributed by atoms with van der Waals surface area (Å²) >= 11 is 7.00. The highest BCUT2D eigenvalue weighted by molar-refractivity contribution is 7.92. The summed E-state index contributed by atoms with van der Waals surface area (Å²) in [6.07, 6.45) is 1.14. The van der Waals surface area contributed by atoms with Gasteiger partial charge in [0.05, 0.1) is 17.0 Å². The average molecular weight is 483 g/mol. The first-order valence-electron chi connectivity index (χ1n) is 9.26. The van der Waals surface area contributed by atoms with Crippen molar-refractivity contribution in [2.45, 2.75) is 26.3 Å². The zero-order valence-electron chi connectivity index (χ0n) is 17.0. The molecule has 1 heterocycles. The highest BCUT2D eigenvalue weighted by atomic mass is 35.5. The summed E-state index contributed by atoms with van der Waals surface area (Å²) in [4.78, 5) is 13.0. The van der Waals surface area contributed by atoms with Crippen molar-refractivity contribution in [3.05, 3.63) is 58.9 Å². The minimum Gasteiger partial charge on any atom is -0.299 e. The van der Waals surface area contributed by atoms with Crippen LogP contribution < -0.4 is 9.62 Å². The average Bonchev–Trinajstić information content (AvgIpc) is 3.16. The van der Waals surface area contributed by atoms with Gasteiger partial charge < -0.3 is 0 Å². The molecule has 0 aliphatic carbocycles. The SMILES string of the molecule is CCC(C(=O)Nc1nnc(-c2ccc(C)cc2)s1)N(c1ccc(F)c(Cl)c1)S(C)(=O)=O. The monoisotopic (exact) mass is 482 g/mol. The Labute approximate surface area is 188 Å². The lowest BCUT2D eigenvalue weighted by atomic mass is 10.2. The second-order valence-corrected chi connectivity index (χ2v) is 10.1. The maximum atomic E-state index is 13.6. The van der Waals surface area contributed by atoms with Gasteiger partial charge in [0.2, 0.25) is 21.1 Å². The van der Waals surface area contributed by atoms with Gasteiger partial charge in [-0.2, -0.15) is 0 Å². The van der Waals surface area contributed by atoms with Gasteiger partial charge >= 0.3 is 0 Å². The number of benzene rings is 2. The van der Waals surface area contributed by atoms with Crippen LogP contribution >= 0.6 is 22.9 Å². The van der Waals surface area contributed by atoms with E-state index in [1.165, 1.54) is 23.5 Å². The van der Waals surface area contributed by atoms with Gasteiger partial charge in [0.1, 0.15) is 16.9 Å². The fourth-order valence-electron chi connectivity index (χ4n) is 2.96. The zero-order valence-corrected chi connectivity index (χ0v) is 19.4. The predicted octanol–water partition coefficient (Wildman–Crippen LogP) is 4.49. The smallest absolute Gasteiger partial charge is 0.250 e. The summed E-state index contributed by atoms with van der Waals surface area (Å²) in [5.74, 6) is -1.27.